The third-order valence-corrected chi connectivity index (χ3v) is 3.42. The topological polar surface area (TPSA) is 40.6 Å². The summed E-state index contributed by atoms with van der Waals surface area (Å²) in [6.07, 6.45) is 3.57. The molecule has 2 fully saturated rings. The minimum atomic E-state index is 0.222. The Morgan fingerprint density at radius 3 is 1.71 bits per heavy atom. The Kier molecular flexibility index (Phi) is 5.45. The summed E-state index contributed by atoms with van der Waals surface area (Å²) in [6.45, 7) is 9.35. The number of rotatable bonds is 0. The molecule has 98 valence electrons. The highest BCUT2D eigenvalue weighted by Crippen LogP contribution is 2.14. The van der Waals surface area contributed by atoms with Crippen LogP contribution in [-0.4, -0.2) is 47.8 Å². The number of likely N-dealkylation sites (tertiary alicyclic amines) is 2. The van der Waals surface area contributed by atoms with E-state index in [9.17, 15) is 9.59 Å². The van der Waals surface area contributed by atoms with E-state index in [2.05, 4.69) is 6.92 Å². The summed E-state index contributed by atoms with van der Waals surface area (Å²) >= 11 is 0. The molecule has 4 nitrogen and oxygen atoms in total. The van der Waals surface area contributed by atoms with Crippen molar-refractivity contribution in [1.29, 1.82) is 0 Å². The second-order valence-corrected chi connectivity index (χ2v) is 5.07. The standard InChI is InChI=1S/C7H13NO.C6H11NO/c1-6-3-4-8(5-6)7(2)9;1-6(8)7-4-2-3-5-7/h6H,3-5H2,1-2H3;2-5H2,1H3. The van der Waals surface area contributed by atoms with Crippen LogP contribution >= 0.6 is 0 Å². The van der Waals surface area contributed by atoms with Crippen LogP contribution in [0, 0.1) is 5.92 Å². The van der Waals surface area contributed by atoms with Gasteiger partial charge in [-0.25, -0.2) is 0 Å². The molecular weight excluding hydrogens is 216 g/mol. The van der Waals surface area contributed by atoms with Crippen LogP contribution in [0.5, 0.6) is 0 Å². The fourth-order valence-electron chi connectivity index (χ4n) is 2.25. The lowest BCUT2D eigenvalue weighted by molar-refractivity contribution is -0.128. The van der Waals surface area contributed by atoms with Gasteiger partial charge in [-0.1, -0.05) is 6.92 Å². The average molecular weight is 240 g/mol. The first-order valence-electron chi connectivity index (χ1n) is 6.51. The van der Waals surface area contributed by atoms with E-state index in [4.69, 9.17) is 0 Å². The van der Waals surface area contributed by atoms with Gasteiger partial charge in [0.15, 0.2) is 0 Å². The van der Waals surface area contributed by atoms with Crippen LogP contribution in [-0.2, 0) is 9.59 Å². The summed E-state index contributed by atoms with van der Waals surface area (Å²) in [6, 6.07) is 0. The van der Waals surface area contributed by atoms with Crippen molar-refractivity contribution in [2.45, 2.75) is 40.0 Å². The summed E-state index contributed by atoms with van der Waals surface area (Å²) in [4.78, 5) is 25.1. The zero-order chi connectivity index (χ0) is 12.8. The Bertz CT molecular complexity index is 273. The highest BCUT2D eigenvalue weighted by Gasteiger charge is 2.19. The normalized spacial score (nSPS) is 23.4. The molecule has 0 saturated carbocycles. The van der Waals surface area contributed by atoms with Gasteiger partial charge >= 0.3 is 0 Å². The SMILES string of the molecule is CC(=O)N1CCC(C)C1.CC(=O)N1CCCC1. The van der Waals surface area contributed by atoms with E-state index in [-0.39, 0.29) is 11.8 Å². The van der Waals surface area contributed by atoms with Crippen molar-refractivity contribution in [3.63, 3.8) is 0 Å². The number of amides is 2. The summed E-state index contributed by atoms with van der Waals surface area (Å²) < 4.78 is 0. The van der Waals surface area contributed by atoms with Crippen molar-refractivity contribution in [2.75, 3.05) is 26.2 Å². The number of hydrogen-bond donors (Lipinski definition) is 0. The van der Waals surface area contributed by atoms with E-state index in [1.54, 1.807) is 13.8 Å². The summed E-state index contributed by atoms with van der Waals surface area (Å²) in [7, 11) is 0. The first kappa shape index (κ1) is 14.0. The maximum absolute atomic E-state index is 10.7. The van der Waals surface area contributed by atoms with Crippen molar-refractivity contribution >= 4 is 11.8 Å². The van der Waals surface area contributed by atoms with Crippen LogP contribution in [0.25, 0.3) is 0 Å². The molecule has 0 aromatic carbocycles. The van der Waals surface area contributed by atoms with Crippen LogP contribution in [0.1, 0.15) is 40.0 Å². The van der Waals surface area contributed by atoms with Gasteiger partial charge < -0.3 is 9.80 Å². The minimum Gasteiger partial charge on any atom is -0.343 e. The minimum absolute atomic E-state index is 0.222. The van der Waals surface area contributed by atoms with Gasteiger partial charge in [0.2, 0.25) is 11.8 Å². The number of nitrogens with zero attached hydrogens (tertiary/aromatic N) is 2. The Labute approximate surface area is 104 Å². The van der Waals surface area contributed by atoms with Gasteiger partial charge in [0.25, 0.3) is 0 Å². The Balaban J connectivity index is 0.000000171. The molecule has 2 saturated heterocycles. The Morgan fingerprint density at radius 2 is 1.47 bits per heavy atom. The number of carbonyl (C=O) groups is 2. The second-order valence-electron chi connectivity index (χ2n) is 5.07. The fourth-order valence-corrected chi connectivity index (χ4v) is 2.25. The molecule has 0 spiro atoms. The summed E-state index contributed by atoms with van der Waals surface area (Å²) in [5.41, 5.74) is 0. The smallest absolute Gasteiger partial charge is 0.219 e. The second kappa shape index (κ2) is 6.62. The third-order valence-electron chi connectivity index (χ3n) is 3.42. The molecule has 2 heterocycles. The molecule has 0 aliphatic carbocycles. The highest BCUT2D eigenvalue weighted by atomic mass is 16.2. The maximum Gasteiger partial charge on any atom is 0.219 e. The molecule has 0 bridgehead atoms. The lowest BCUT2D eigenvalue weighted by atomic mass is 10.2. The van der Waals surface area contributed by atoms with Gasteiger partial charge in [-0.2, -0.15) is 0 Å². The Morgan fingerprint density at radius 1 is 0.941 bits per heavy atom. The van der Waals surface area contributed by atoms with Crippen LogP contribution in [0.15, 0.2) is 0 Å². The lowest BCUT2D eigenvalue weighted by Crippen LogP contribution is -2.25. The summed E-state index contributed by atoms with van der Waals surface area (Å²) in [5.74, 6) is 1.16. The van der Waals surface area contributed by atoms with Crippen LogP contribution in [0.4, 0.5) is 0 Å². The van der Waals surface area contributed by atoms with E-state index in [1.165, 1.54) is 19.3 Å². The first-order chi connectivity index (χ1) is 8.00. The van der Waals surface area contributed by atoms with E-state index >= 15 is 0 Å². The lowest BCUT2D eigenvalue weighted by Gasteiger charge is -2.11. The predicted molar refractivity (Wildman–Crippen MR) is 67.5 cm³/mol. The number of hydrogen-bond acceptors (Lipinski definition) is 2. The maximum atomic E-state index is 10.7. The fraction of sp³-hybridized carbons (Fsp3) is 0.846. The van der Waals surface area contributed by atoms with Crippen LogP contribution in [0.2, 0.25) is 0 Å². The largest absolute Gasteiger partial charge is 0.343 e. The molecule has 0 N–H and O–H groups in total. The van der Waals surface area contributed by atoms with E-state index < -0.39 is 0 Å². The molecule has 1 atom stereocenters. The average Bonchev–Trinajstić information content (AvgIpc) is 2.87. The van der Waals surface area contributed by atoms with E-state index in [0.29, 0.717) is 5.92 Å². The van der Waals surface area contributed by atoms with Crippen molar-refractivity contribution in [2.24, 2.45) is 5.92 Å². The molecule has 2 aliphatic heterocycles. The predicted octanol–water partition coefficient (Wildman–Crippen LogP) is 1.50. The molecular formula is C13H24N2O2. The summed E-state index contributed by atoms with van der Waals surface area (Å²) in [5, 5.41) is 0. The quantitative estimate of drug-likeness (QED) is 0.644. The zero-order valence-electron chi connectivity index (χ0n) is 11.2. The van der Waals surface area contributed by atoms with Crippen molar-refractivity contribution in [3.8, 4) is 0 Å². The van der Waals surface area contributed by atoms with Crippen LogP contribution < -0.4 is 0 Å². The van der Waals surface area contributed by atoms with Crippen molar-refractivity contribution < 1.29 is 9.59 Å². The van der Waals surface area contributed by atoms with Gasteiger partial charge in [0.05, 0.1) is 0 Å². The van der Waals surface area contributed by atoms with Crippen molar-refractivity contribution in [1.82, 2.24) is 9.80 Å². The zero-order valence-corrected chi connectivity index (χ0v) is 11.2. The molecule has 2 aliphatic rings. The Hall–Kier alpha value is -1.06. The molecule has 2 rings (SSSR count). The van der Waals surface area contributed by atoms with Gasteiger partial charge in [0, 0.05) is 40.0 Å². The molecule has 0 aromatic heterocycles. The van der Waals surface area contributed by atoms with Gasteiger partial charge in [-0.3, -0.25) is 9.59 Å². The molecule has 0 aromatic rings. The van der Waals surface area contributed by atoms with Gasteiger partial charge in [-0.15, -0.1) is 0 Å². The molecule has 0 radical (unpaired) electrons. The first-order valence-corrected chi connectivity index (χ1v) is 6.51. The van der Waals surface area contributed by atoms with E-state index in [0.717, 1.165) is 26.2 Å². The monoisotopic (exact) mass is 240 g/mol. The van der Waals surface area contributed by atoms with Gasteiger partial charge in [0.1, 0.15) is 0 Å². The molecule has 2 amide bonds. The van der Waals surface area contributed by atoms with Gasteiger partial charge in [-0.05, 0) is 25.2 Å². The molecule has 4 heteroatoms. The van der Waals surface area contributed by atoms with Crippen molar-refractivity contribution in [3.05, 3.63) is 0 Å². The van der Waals surface area contributed by atoms with E-state index in [1.807, 2.05) is 9.80 Å². The highest BCUT2D eigenvalue weighted by molar-refractivity contribution is 5.73. The molecule has 17 heavy (non-hydrogen) atoms. The van der Waals surface area contributed by atoms with Crippen LogP contribution in [0.3, 0.4) is 0 Å². The molecule has 1 unspecified atom stereocenters. The third kappa shape index (κ3) is 4.75. The number of carbonyl (C=O) groups excluding carboxylic acids is 2.